The van der Waals surface area contributed by atoms with Crippen molar-refractivity contribution in [3.63, 3.8) is 0 Å². The van der Waals surface area contributed by atoms with E-state index in [-0.39, 0.29) is 17.5 Å². The first-order valence-corrected chi connectivity index (χ1v) is 5.05. The Balaban J connectivity index is 2.84. The van der Waals surface area contributed by atoms with Gasteiger partial charge in [-0.25, -0.2) is 4.98 Å². The van der Waals surface area contributed by atoms with E-state index < -0.39 is 4.92 Å². The Morgan fingerprint density at radius 1 is 1.69 bits per heavy atom. The highest BCUT2D eigenvalue weighted by atomic mass is 16.6. The molecule has 7 heteroatoms. The fraction of sp³-hybridized carbons (Fsp3) is 0.556. The number of nitro groups is 1. The molecule has 1 rings (SSSR count). The molecular weight excluding hydrogens is 210 g/mol. The maximum atomic E-state index is 10.7. The molecule has 88 valence electrons. The lowest BCUT2D eigenvalue weighted by Gasteiger charge is -2.10. The SMILES string of the molecule is CCC(C)CNc1nc(N)ncc1[N+](=O)[O-]. The smallest absolute Gasteiger partial charge is 0.329 e. The van der Waals surface area contributed by atoms with Crippen molar-refractivity contribution in [2.24, 2.45) is 5.92 Å². The van der Waals surface area contributed by atoms with Crippen LogP contribution < -0.4 is 11.1 Å². The average Bonchev–Trinajstić information content (AvgIpc) is 2.25. The fourth-order valence-corrected chi connectivity index (χ4v) is 1.07. The number of nitrogens with zero attached hydrogens (tertiary/aromatic N) is 3. The summed E-state index contributed by atoms with van der Waals surface area (Å²) in [7, 11) is 0. The Bertz CT molecular complexity index is 382. The Labute approximate surface area is 93.2 Å². The third kappa shape index (κ3) is 3.04. The first-order chi connectivity index (χ1) is 7.54. The average molecular weight is 225 g/mol. The van der Waals surface area contributed by atoms with Gasteiger partial charge in [-0.2, -0.15) is 4.98 Å². The van der Waals surface area contributed by atoms with Gasteiger partial charge in [-0.3, -0.25) is 10.1 Å². The number of anilines is 2. The van der Waals surface area contributed by atoms with Gasteiger partial charge in [-0.1, -0.05) is 20.3 Å². The molecule has 1 heterocycles. The summed E-state index contributed by atoms with van der Waals surface area (Å²) in [4.78, 5) is 17.6. The molecule has 0 aliphatic heterocycles. The highest BCUT2D eigenvalue weighted by molar-refractivity contribution is 5.56. The van der Waals surface area contributed by atoms with E-state index in [4.69, 9.17) is 5.73 Å². The number of aromatic nitrogens is 2. The molecule has 16 heavy (non-hydrogen) atoms. The Morgan fingerprint density at radius 3 is 2.94 bits per heavy atom. The third-order valence-corrected chi connectivity index (χ3v) is 2.30. The number of nitrogens with one attached hydrogen (secondary N) is 1. The van der Waals surface area contributed by atoms with E-state index in [2.05, 4.69) is 22.2 Å². The van der Waals surface area contributed by atoms with Gasteiger partial charge in [0.2, 0.25) is 11.8 Å². The Morgan fingerprint density at radius 2 is 2.38 bits per heavy atom. The summed E-state index contributed by atoms with van der Waals surface area (Å²) < 4.78 is 0. The van der Waals surface area contributed by atoms with Crippen molar-refractivity contribution in [2.75, 3.05) is 17.6 Å². The fourth-order valence-electron chi connectivity index (χ4n) is 1.07. The van der Waals surface area contributed by atoms with Crippen LogP contribution in [0.2, 0.25) is 0 Å². The van der Waals surface area contributed by atoms with Gasteiger partial charge in [0, 0.05) is 6.54 Å². The van der Waals surface area contributed by atoms with Crippen LogP contribution in [0.3, 0.4) is 0 Å². The normalized spacial score (nSPS) is 12.1. The van der Waals surface area contributed by atoms with Gasteiger partial charge in [-0.15, -0.1) is 0 Å². The molecule has 7 nitrogen and oxygen atoms in total. The molecule has 3 N–H and O–H groups in total. The first kappa shape index (κ1) is 12.2. The van der Waals surface area contributed by atoms with Crippen molar-refractivity contribution in [3.8, 4) is 0 Å². The Kier molecular flexibility index (Phi) is 3.98. The van der Waals surface area contributed by atoms with Gasteiger partial charge in [0.15, 0.2) is 0 Å². The van der Waals surface area contributed by atoms with Crippen molar-refractivity contribution < 1.29 is 4.92 Å². The van der Waals surface area contributed by atoms with Crippen molar-refractivity contribution in [1.29, 1.82) is 0 Å². The molecule has 1 aromatic heterocycles. The van der Waals surface area contributed by atoms with Crippen LogP contribution in [0, 0.1) is 16.0 Å². The lowest BCUT2D eigenvalue weighted by atomic mass is 10.1. The van der Waals surface area contributed by atoms with Crippen LogP contribution in [0.5, 0.6) is 0 Å². The predicted octanol–water partition coefficient (Wildman–Crippen LogP) is 1.42. The Hall–Kier alpha value is -1.92. The van der Waals surface area contributed by atoms with Gasteiger partial charge in [0.05, 0.1) is 4.92 Å². The van der Waals surface area contributed by atoms with Crippen molar-refractivity contribution in [2.45, 2.75) is 20.3 Å². The minimum atomic E-state index is -0.529. The van der Waals surface area contributed by atoms with Crippen LogP contribution >= 0.6 is 0 Å². The highest BCUT2D eigenvalue weighted by Gasteiger charge is 2.16. The maximum Gasteiger partial charge on any atom is 0.329 e. The van der Waals surface area contributed by atoms with E-state index in [1.54, 1.807) is 0 Å². The maximum absolute atomic E-state index is 10.7. The first-order valence-electron chi connectivity index (χ1n) is 5.05. The van der Waals surface area contributed by atoms with Crippen molar-refractivity contribution in [1.82, 2.24) is 9.97 Å². The molecule has 0 aliphatic rings. The van der Waals surface area contributed by atoms with Crippen LogP contribution in [-0.4, -0.2) is 21.4 Å². The van der Waals surface area contributed by atoms with E-state index in [1.807, 2.05) is 6.92 Å². The number of nitrogen functional groups attached to an aromatic ring is 1. The summed E-state index contributed by atoms with van der Waals surface area (Å²) in [5.41, 5.74) is 5.23. The molecule has 1 atom stereocenters. The molecule has 0 radical (unpaired) electrons. The van der Waals surface area contributed by atoms with Crippen LogP contribution in [-0.2, 0) is 0 Å². The highest BCUT2D eigenvalue weighted by Crippen LogP contribution is 2.21. The summed E-state index contributed by atoms with van der Waals surface area (Å²) in [6, 6.07) is 0. The van der Waals surface area contributed by atoms with E-state index in [0.29, 0.717) is 12.5 Å². The number of hydrogen-bond donors (Lipinski definition) is 2. The number of nitrogens with two attached hydrogens (primary N) is 1. The van der Waals surface area contributed by atoms with Crippen LogP contribution in [0.15, 0.2) is 6.20 Å². The molecule has 0 saturated carbocycles. The molecule has 0 aromatic carbocycles. The largest absolute Gasteiger partial charge is 0.368 e. The molecular formula is C9H15N5O2. The quantitative estimate of drug-likeness (QED) is 0.579. The second-order valence-corrected chi connectivity index (χ2v) is 3.61. The van der Waals surface area contributed by atoms with Gasteiger partial charge >= 0.3 is 5.69 Å². The third-order valence-electron chi connectivity index (χ3n) is 2.30. The van der Waals surface area contributed by atoms with E-state index in [1.165, 1.54) is 0 Å². The minimum absolute atomic E-state index is 0.0252. The summed E-state index contributed by atoms with van der Waals surface area (Å²) >= 11 is 0. The minimum Gasteiger partial charge on any atom is -0.368 e. The molecule has 0 bridgehead atoms. The molecule has 0 aliphatic carbocycles. The molecule has 0 spiro atoms. The molecule has 1 unspecified atom stereocenters. The molecule has 0 saturated heterocycles. The molecule has 0 fully saturated rings. The summed E-state index contributed by atoms with van der Waals surface area (Å²) in [6.07, 6.45) is 2.10. The lowest BCUT2D eigenvalue weighted by molar-refractivity contribution is -0.384. The zero-order valence-electron chi connectivity index (χ0n) is 9.30. The number of hydrogen-bond acceptors (Lipinski definition) is 6. The lowest BCUT2D eigenvalue weighted by Crippen LogP contribution is -2.13. The van der Waals surface area contributed by atoms with Crippen molar-refractivity contribution >= 4 is 17.5 Å². The standard InChI is InChI=1S/C9H15N5O2/c1-3-6(2)4-11-8-7(14(15)16)5-12-9(10)13-8/h5-6H,3-4H2,1-2H3,(H3,10,11,12,13). The zero-order valence-corrected chi connectivity index (χ0v) is 9.30. The van der Waals surface area contributed by atoms with Gasteiger partial charge < -0.3 is 11.1 Å². The van der Waals surface area contributed by atoms with Crippen LogP contribution in [0.1, 0.15) is 20.3 Å². The van der Waals surface area contributed by atoms with E-state index in [0.717, 1.165) is 12.6 Å². The number of rotatable bonds is 5. The van der Waals surface area contributed by atoms with Crippen LogP contribution in [0.4, 0.5) is 17.5 Å². The van der Waals surface area contributed by atoms with E-state index in [9.17, 15) is 10.1 Å². The van der Waals surface area contributed by atoms with Gasteiger partial charge in [0.1, 0.15) is 6.20 Å². The van der Waals surface area contributed by atoms with E-state index >= 15 is 0 Å². The van der Waals surface area contributed by atoms with Crippen LogP contribution in [0.25, 0.3) is 0 Å². The second-order valence-electron chi connectivity index (χ2n) is 3.61. The van der Waals surface area contributed by atoms with Gasteiger partial charge in [-0.05, 0) is 5.92 Å². The zero-order chi connectivity index (χ0) is 12.1. The summed E-state index contributed by atoms with van der Waals surface area (Å²) in [6.45, 7) is 4.71. The monoisotopic (exact) mass is 225 g/mol. The van der Waals surface area contributed by atoms with Crippen molar-refractivity contribution in [3.05, 3.63) is 16.3 Å². The molecule has 1 aromatic rings. The topological polar surface area (TPSA) is 107 Å². The predicted molar refractivity (Wildman–Crippen MR) is 61.0 cm³/mol. The molecule has 0 amide bonds. The second kappa shape index (κ2) is 5.24. The summed E-state index contributed by atoms with van der Waals surface area (Å²) in [5.74, 6) is 0.617. The summed E-state index contributed by atoms with van der Waals surface area (Å²) in [5, 5.41) is 13.6. The van der Waals surface area contributed by atoms with Gasteiger partial charge in [0.25, 0.3) is 0 Å².